The molecule has 1 saturated heterocycles. The van der Waals surface area contributed by atoms with Crippen LogP contribution in [0.2, 0.25) is 0 Å². The second kappa shape index (κ2) is 21.5. The Bertz CT molecular complexity index is 1950. The first-order valence-corrected chi connectivity index (χ1v) is 20.2. The number of rotatable bonds is 22. The lowest BCUT2D eigenvalue weighted by Gasteiger charge is -2.56. The van der Waals surface area contributed by atoms with Crippen LogP contribution in [0, 0.1) is 6.92 Å². The summed E-state index contributed by atoms with van der Waals surface area (Å²) in [6, 6.07) is 44.5. The monoisotopic (exact) mass is 786 g/mol. The van der Waals surface area contributed by atoms with Crippen molar-refractivity contribution in [2.24, 2.45) is 0 Å². The van der Waals surface area contributed by atoms with Gasteiger partial charge >= 0.3 is 0 Å². The van der Waals surface area contributed by atoms with Crippen LogP contribution in [0.4, 0.5) is 0 Å². The molecule has 0 aliphatic carbocycles. The van der Waals surface area contributed by atoms with Crippen molar-refractivity contribution in [1.29, 1.82) is 0 Å². The van der Waals surface area contributed by atoms with E-state index in [-0.39, 0.29) is 19.8 Å². The summed E-state index contributed by atoms with van der Waals surface area (Å²) in [6.07, 6.45) is 2.72. The molecule has 0 spiro atoms. The molecule has 8 heteroatoms. The number of hydrogen-bond donors (Lipinski definition) is 2. The van der Waals surface area contributed by atoms with Gasteiger partial charge in [-0.3, -0.25) is 0 Å². The van der Waals surface area contributed by atoms with E-state index in [0.717, 1.165) is 53.7 Å². The van der Waals surface area contributed by atoms with Gasteiger partial charge in [-0.1, -0.05) is 133 Å². The average molecular weight is 787 g/mol. The number of ether oxygens (including phenoxy) is 6. The number of unbranched alkanes of at least 4 members (excludes halogenated alkanes) is 1. The van der Waals surface area contributed by atoms with Crippen LogP contribution < -0.4 is 0 Å². The average Bonchev–Trinajstić information content (AvgIpc) is 3.27. The number of methoxy groups -OCH3 is 1. The molecule has 1 fully saturated rings. The summed E-state index contributed by atoms with van der Waals surface area (Å²) in [7, 11) is 1.57. The van der Waals surface area contributed by atoms with Gasteiger partial charge in [0.05, 0.1) is 39.6 Å². The molecule has 5 aromatic carbocycles. The summed E-state index contributed by atoms with van der Waals surface area (Å²) in [5, 5.41) is 22.5. The summed E-state index contributed by atoms with van der Waals surface area (Å²) < 4.78 is 39.6. The van der Waals surface area contributed by atoms with E-state index >= 15 is 0 Å². The van der Waals surface area contributed by atoms with Crippen LogP contribution in [0.25, 0.3) is 0 Å². The summed E-state index contributed by atoms with van der Waals surface area (Å²) in [5.74, 6) is -1.64. The van der Waals surface area contributed by atoms with Crippen LogP contribution in [0.5, 0.6) is 0 Å². The van der Waals surface area contributed by atoms with E-state index in [1.54, 1.807) is 13.2 Å². The highest BCUT2D eigenvalue weighted by atomic mass is 16.7. The first-order chi connectivity index (χ1) is 28.4. The largest absolute Gasteiger partial charge is 0.393 e. The van der Waals surface area contributed by atoms with E-state index in [1.807, 2.05) is 97.1 Å². The molecule has 0 saturated carbocycles. The smallest absolute Gasteiger partial charge is 0.225 e. The van der Waals surface area contributed by atoms with Crippen molar-refractivity contribution in [1.82, 2.24) is 0 Å². The Labute approximate surface area is 344 Å². The van der Waals surface area contributed by atoms with E-state index < -0.39 is 42.9 Å². The van der Waals surface area contributed by atoms with Gasteiger partial charge in [0.25, 0.3) is 0 Å². The molecule has 0 amide bonds. The molecule has 1 heterocycles. The van der Waals surface area contributed by atoms with Crippen molar-refractivity contribution < 1.29 is 38.6 Å². The summed E-state index contributed by atoms with van der Waals surface area (Å²) in [6.45, 7) is 6.60. The van der Waals surface area contributed by atoms with Crippen LogP contribution >= 0.6 is 0 Å². The van der Waals surface area contributed by atoms with Gasteiger partial charge in [0.15, 0.2) is 0 Å². The van der Waals surface area contributed by atoms with Crippen molar-refractivity contribution in [2.45, 2.75) is 82.1 Å². The maximum atomic E-state index is 11.3. The highest BCUT2D eigenvalue weighted by Crippen LogP contribution is 2.48. The summed E-state index contributed by atoms with van der Waals surface area (Å²) in [5.41, 5.74) is 6.48. The van der Waals surface area contributed by atoms with E-state index in [2.05, 4.69) is 49.9 Å². The SMILES string of the molecule is C=CCOCCCCc1ccc(Cc2cc([C@]3(OC)OC(CO)(CO)[C@@H](OCc4ccccc4)[C@H](OCc4ccccc4)[C@H]3OCc3ccccc3)ccc2C)cc1. The summed E-state index contributed by atoms with van der Waals surface area (Å²) >= 11 is 0. The summed E-state index contributed by atoms with van der Waals surface area (Å²) in [4.78, 5) is 0. The molecule has 5 aromatic rings. The van der Waals surface area contributed by atoms with Gasteiger partial charge in [-0.25, -0.2) is 0 Å². The number of aliphatic hydroxyl groups is 2. The van der Waals surface area contributed by atoms with Gasteiger partial charge in [-0.2, -0.15) is 0 Å². The Hall–Kier alpha value is -4.48. The fourth-order valence-electron chi connectivity index (χ4n) is 7.62. The molecule has 1 aliphatic heterocycles. The first-order valence-electron chi connectivity index (χ1n) is 20.2. The minimum Gasteiger partial charge on any atom is -0.393 e. The van der Waals surface area contributed by atoms with Gasteiger partial charge in [-0.05, 0) is 77.6 Å². The quantitative estimate of drug-likeness (QED) is 0.0534. The maximum Gasteiger partial charge on any atom is 0.225 e. The zero-order valence-electron chi connectivity index (χ0n) is 33.8. The topological polar surface area (TPSA) is 95.8 Å². The van der Waals surface area contributed by atoms with Crippen LogP contribution in [-0.2, 0) is 66.9 Å². The highest BCUT2D eigenvalue weighted by molar-refractivity contribution is 5.39. The molecule has 2 N–H and O–H groups in total. The van der Waals surface area contributed by atoms with Crippen molar-refractivity contribution in [2.75, 3.05) is 33.5 Å². The number of aliphatic hydroxyl groups excluding tert-OH is 2. The molecule has 306 valence electrons. The number of hydrogen-bond acceptors (Lipinski definition) is 8. The molecule has 0 radical (unpaired) electrons. The Morgan fingerprint density at radius 1 is 0.655 bits per heavy atom. The van der Waals surface area contributed by atoms with Gasteiger partial charge < -0.3 is 38.6 Å². The predicted molar refractivity (Wildman–Crippen MR) is 226 cm³/mol. The van der Waals surface area contributed by atoms with Crippen molar-refractivity contribution in [3.63, 3.8) is 0 Å². The van der Waals surface area contributed by atoms with E-state index in [9.17, 15) is 10.2 Å². The van der Waals surface area contributed by atoms with E-state index in [4.69, 9.17) is 28.4 Å². The van der Waals surface area contributed by atoms with Crippen molar-refractivity contribution in [3.8, 4) is 0 Å². The Kier molecular flexibility index (Phi) is 16.0. The molecule has 6 rings (SSSR count). The van der Waals surface area contributed by atoms with E-state index in [1.165, 1.54) is 11.1 Å². The normalized spacial score (nSPS) is 20.2. The zero-order chi connectivity index (χ0) is 40.6. The van der Waals surface area contributed by atoms with Gasteiger partial charge in [0, 0.05) is 19.3 Å². The fourth-order valence-corrected chi connectivity index (χ4v) is 7.62. The lowest BCUT2D eigenvalue weighted by molar-refractivity contribution is -0.417. The van der Waals surface area contributed by atoms with Crippen LogP contribution in [0.15, 0.2) is 146 Å². The van der Waals surface area contributed by atoms with Crippen LogP contribution in [0.3, 0.4) is 0 Å². The third kappa shape index (κ3) is 10.8. The van der Waals surface area contributed by atoms with Crippen LogP contribution in [-0.4, -0.2) is 67.7 Å². The van der Waals surface area contributed by atoms with Gasteiger partial charge in [-0.15, -0.1) is 6.58 Å². The van der Waals surface area contributed by atoms with Crippen molar-refractivity contribution >= 4 is 0 Å². The first kappa shape index (κ1) is 43.1. The third-order valence-electron chi connectivity index (χ3n) is 10.9. The molecular weight excluding hydrogens is 729 g/mol. The molecule has 4 atom stereocenters. The molecule has 0 bridgehead atoms. The molecular formula is C50H58O8. The Morgan fingerprint density at radius 2 is 1.21 bits per heavy atom. The predicted octanol–water partition coefficient (Wildman–Crippen LogP) is 8.42. The minimum absolute atomic E-state index is 0.185. The second-order valence-electron chi connectivity index (χ2n) is 15.0. The molecule has 0 unspecified atom stereocenters. The lowest BCUT2D eigenvalue weighted by atomic mass is 9.80. The number of aryl methyl sites for hydroxylation is 2. The lowest BCUT2D eigenvalue weighted by Crippen LogP contribution is -2.72. The Balaban J connectivity index is 1.37. The molecule has 1 aliphatic rings. The highest BCUT2D eigenvalue weighted by Gasteiger charge is 2.64. The fraction of sp³-hybridized carbons (Fsp3) is 0.360. The molecule has 58 heavy (non-hydrogen) atoms. The third-order valence-corrected chi connectivity index (χ3v) is 10.9. The second-order valence-corrected chi connectivity index (χ2v) is 15.0. The Morgan fingerprint density at radius 3 is 1.76 bits per heavy atom. The minimum atomic E-state index is -1.66. The van der Waals surface area contributed by atoms with E-state index in [0.29, 0.717) is 18.6 Å². The van der Waals surface area contributed by atoms with Crippen molar-refractivity contribution in [3.05, 3.63) is 191 Å². The molecule has 8 nitrogen and oxygen atoms in total. The zero-order valence-corrected chi connectivity index (χ0v) is 33.8. The maximum absolute atomic E-state index is 11.3. The van der Waals surface area contributed by atoms with Crippen LogP contribution in [0.1, 0.15) is 57.3 Å². The van der Waals surface area contributed by atoms with Gasteiger partial charge in [0.1, 0.15) is 23.9 Å². The standard InChI is InChI=1S/C50H58O8/c1-4-29-54-30-15-14-16-39-24-26-40(27-25-39)31-44-32-45(28-23-38(44)2)50(53-3)48(57-35-43-21-12-7-13-22-43)46(55-33-41-17-8-5-9-18-41)47(49(36-51,37-52)58-50)56-34-42-19-10-6-11-20-42/h4-13,17-28,32,46-48,51-52H,1,14-16,29-31,33-37H2,2-3H3/t46-,47-,48+,50-/m0/s1. The van der Waals surface area contributed by atoms with Gasteiger partial charge in [0.2, 0.25) is 5.79 Å². The molecule has 0 aromatic heterocycles. The number of benzene rings is 5.